The van der Waals surface area contributed by atoms with Crippen molar-refractivity contribution in [2.75, 3.05) is 18.5 Å². The predicted octanol–water partition coefficient (Wildman–Crippen LogP) is 1.31. The Balaban J connectivity index is 2.06. The van der Waals surface area contributed by atoms with Crippen LogP contribution in [0.1, 0.15) is 17.2 Å². The second kappa shape index (κ2) is 6.68. The highest BCUT2D eigenvalue weighted by molar-refractivity contribution is 9.09. The van der Waals surface area contributed by atoms with E-state index in [2.05, 4.69) is 21.2 Å². The Kier molecular flexibility index (Phi) is 4.93. The van der Waals surface area contributed by atoms with Crippen molar-refractivity contribution >= 4 is 27.8 Å². The molecule has 1 aliphatic rings. The maximum Gasteiger partial charge on any atom is 0.316 e. The van der Waals surface area contributed by atoms with Crippen molar-refractivity contribution in [3.63, 3.8) is 0 Å². The lowest BCUT2D eigenvalue weighted by Gasteiger charge is -2.23. The number of ether oxygens (including phenoxy) is 2. The van der Waals surface area contributed by atoms with Gasteiger partial charge in [0.25, 0.3) is 5.91 Å². The number of halogens is 1. The minimum atomic E-state index is -0.583. The summed E-state index contributed by atoms with van der Waals surface area (Å²) in [5, 5.41) is 2.92. The van der Waals surface area contributed by atoms with Gasteiger partial charge in [-0.1, -0.05) is 34.1 Å². The summed E-state index contributed by atoms with van der Waals surface area (Å²) in [5.74, 6) is -0.460. The van der Waals surface area contributed by atoms with E-state index >= 15 is 0 Å². The third-order valence-electron chi connectivity index (χ3n) is 2.69. The van der Waals surface area contributed by atoms with Crippen molar-refractivity contribution in [1.29, 1.82) is 0 Å². The maximum absolute atomic E-state index is 11.7. The van der Waals surface area contributed by atoms with Crippen LogP contribution in [0, 0.1) is 0 Å². The molecule has 1 saturated heterocycles. The van der Waals surface area contributed by atoms with Gasteiger partial charge in [0.2, 0.25) is 0 Å². The van der Waals surface area contributed by atoms with Crippen molar-refractivity contribution in [2.24, 2.45) is 0 Å². The smallest absolute Gasteiger partial charge is 0.316 e. The normalized spacial score (nSPS) is 18.8. The van der Waals surface area contributed by atoms with Gasteiger partial charge in [0.05, 0.1) is 6.61 Å². The van der Waals surface area contributed by atoms with Gasteiger partial charge in [-0.3, -0.25) is 9.59 Å². The molecule has 1 aliphatic heterocycles. The van der Waals surface area contributed by atoms with Crippen LogP contribution in [0.4, 0.5) is 0 Å². The van der Waals surface area contributed by atoms with E-state index in [1.165, 1.54) is 0 Å². The highest BCUT2D eigenvalue weighted by Crippen LogP contribution is 2.21. The molecule has 0 aliphatic carbocycles. The number of hydrogen-bond donors (Lipinski definition) is 1. The SMILES string of the molecule is O=C(CBr)OCc1cccc(C2OCCNC2=O)c1. The zero-order chi connectivity index (χ0) is 13.7. The molecular weight excluding hydrogens is 314 g/mol. The lowest BCUT2D eigenvalue weighted by atomic mass is 10.0. The molecule has 1 amide bonds. The van der Waals surface area contributed by atoms with Gasteiger partial charge < -0.3 is 14.8 Å². The first-order valence-electron chi connectivity index (χ1n) is 5.90. The fourth-order valence-corrected chi connectivity index (χ4v) is 1.98. The standard InChI is InChI=1S/C13H14BrNO4/c14-7-11(16)19-8-9-2-1-3-10(6-9)12-13(17)15-4-5-18-12/h1-3,6,12H,4-5,7-8H2,(H,15,17). The van der Waals surface area contributed by atoms with Gasteiger partial charge in [0.15, 0.2) is 6.10 Å². The quantitative estimate of drug-likeness (QED) is 0.669. The third-order valence-corrected chi connectivity index (χ3v) is 3.14. The molecule has 0 aromatic heterocycles. The molecule has 1 N–H and O–H groups in total. The van der Waals surface area contributed by atoms with E-state index in [9.17, 15) is 9.59 Å². The zero-order valence-corrected chi connectivity index (χ0v) is 11.8. The van der Waals surface area contributed by atoms with Crippen LogP contribution in [0.2, 0.25) is 0 Å². The van der Waals surface area contributed by atoms with Gasteiger partial charge in [-0.25, -0.2) is 0 Å². The molecule has 1 fully saturated rings. The second-order valence-electron chi connectivity index (χ2n) is 4.08. The van der Waals surface area contributed by atoms with E-state index in [1.54, 1.807) is 0 Å². The Morgan fingerprint density at radius 3 is 3.11 bits per heavy atom. The molecule has 0 saturated carbocycles. The maximum atomic E-state index is 11.7. The molecule has 1 heterocycles. The van der Waals surface area contributed by atoms with Gasteiger partial charge in [-0.15, -0.1) is 0 Å². The van der Waals surface area contributed by atoms with Gasteiger partial charge in [0, 0.05) is 6.54 Å². The second-order valence-corrected chi connectivity index (χ2v) is 4.64. The molecule has 1 unspecified atom stereocenters. The van der Waals surface area contributed by atoms with Crippen LogP contribution in [0.25, 0.3) is 0 Å². The highest BCUT2D eigenvalue weighted by Gasteiger charge is 2.24. The van der Waals surface area contributed by atoms with Gasteiger partial charge >= 0.3 is 5.97 Å². The fourth-order valence-electron chi connectivity index (χ4n) is 1.82. The number of nitrogens with one attached hydrogen (secondary N) is 1. The van der Waals surface area contributed by atoms with E-state index in [0.717, 1.165) is 11.1 Å². The molecule has 0 bridgehead atoms. The number of carbonyl (C=O) groups is 2. The average Bonchev–Trinajstić information content (AvgIpc) is 2.45. The molecule has 1 aromatic rings. The summed E-state index contributed by atoms with van der Waals surface area (Å²) in [4.78, 5) is 22.8. The van der Waals surface area contributed by atoms with E-state index in [1.807, 2.05) is 24.3 Å². The Hall–Kier alpha value is -1.40. The first kappa shape index (κ1) is 14.0. The summed E-state index contributed by atoms with van der Waals surface area (Å²) in [6.45, 7) is 1.23. The van der Waals surface area contributed by atoms with Crippen LogP contribution in [0.15, 0.2) is 24.3 Å². The molecule has 1 atom stereocenters. The summed E-state index contributed by atoms with van der Waals surface area (Å²) in [6, 6.07) is 7.30. The summed E-state index contributed by atoms with van der Waals surface area (Å²) in [6.07, 6.45) is -0.583. The third kappa shape index (κ3) is 3.78. The number of amides is 1. The molecule has 1 aromatic carbocycles. The Morgan fingerprint density at radius 1 is 1.53 bits per heavy atom. The predicted molar refractivity (Wildman–Crippen MR) is 71.7 cm³/mol. The fraction of sp³-hybridized carbons (Fsp3) is 0.385. The molecule has 0 radical (unpaired) electrons. The van der Waals surface area contributed by atoms with Crippen LogP contribution < -0.4 is 5.32 Å². The van der Waals surface area contributed by atoms with Crippen molar-refractivity contribution in [3.05, 3.63) is 35.4 Å². The minimum Gasteiger partial charge on any atom is -0.460 e. The van der Waals surface area contributed by atoms with Crippen LogP contribution in [0.3, 0.4) is 0 Å². The first-order valence-corrected chi connectivity index (χ1v) is 7.02. The number of benzene rings is 1. The molecule has 0 spiro atoms. The largest absolute Gasteiger partial charge is 0.460 e. The highest BCUT2D eigenvalue weighted by atomic mass is 79.9. The monoisotopic (exact) mass is 327 g/mol. The first-order chi connectivity index (χ1) is 9.20. The van der Waals surface area contributed by atoms with Gasteiger partial charge in [-0.2, -0.15) is 0 Å². The topological polar surface area (TPSA) is 64.6 Å². The molecule has 2 rings (SSSR count). The summed E-state index contributed by atoms with van der Waals surface area (Å²) >= 11 is 3.03. The molecule has 5 nitrogen and oxygen atoms in total. The van der Waals surface area contributed by atoms with E-state index < -0.39 is 6.10 Å². The molecule has 6 heteroatoms. The molecule has 19 heavy (non-hydrogen) atoms. The van der Waals surface area contributed by atoms with Crippen molar-refractivity contribution in [1.82, 2.24) is 5.32 Å². The molecule has 102 valence electrons. The van der Waals surface area contributed by atoms with E-state index in [-0.39, 0.29) is 23.8 Å². The number of alkyl halides is 1. The average molecular weight is 328 g/mol. The van der Waals surface area contributed by atoms with E-state index in [0.29, 0.717) is 13.2 Å². The lowest BCUT2D eigenvalue weighted by Crippen LogP contribution is -2.39. The van der Waals surface area contributed by atoms with Crippen LogP contribution in [-0.2, 0) is 25.7 Å². The Labute approximate surface area is 119 Å². The van der Waals surface area contributed by atoms with Crippen molar-refractivity contribution in [2.45, 2.75) is 12.7 Å². The molecular formula is C13H14BrNO4. The van der Waals surface area contributed by atoms with Crippen LogP contribution >= 0.6 is 15.9 Å². The summed E-state index contributed by atoms with van der Waals surface area (Å²) in [7, 11) is 0. The number of carbonyl (C=O) groups excluding carboxylic acids is 2. The number of morpholine rings is 1. The number of hydrogen-bond acceptors (Lipinski definition) is 4. The summed E-state index contributed by atoms with van der Waals surface area (Å²) in [5.41, 5.74) is 1.60. The van der Waals surface area contributed by atoms with Gasteiger partial charge in [0.1, 0.15) is 11.9 Å². The minimum absolute atomic E-state index is 0.138. The van der Waals surface area contributed by atoms with Crippen LogP contribution in [0.5, 0.6) is 0 Å². The van der Waals surface area contributed by atoms with Crippen LogP contribution in [-0.4, -0.2) is 30.4 Å². The Morgan fingerprint density at radius 2 is 2.37 bits per heavy atom. The zero-order valence-electron chi connectivity index (χ0n) is 10.2. The summed E-state index contributed by atoms with van der Waals surface area (Å²) < 4.78 is 10.5. The van der Waals surface area contributed by atoms with Crippen molar-refractivity contribution in [3.8, 4) is 0 Å². The van der Waals surface area contributed by atoms with Crippen molar-refractivity contribution < 1.29 is 19.1 Å². The van der Waals surface area contributed by atoms with E-state index in [4.69, 9.17) is 9.47 Å². The Bertz CT molecular complexity index is 477. The number of rotatable bonds is 4. The van der Waals surface area contributed by atoms with Gasteiger partial charge in [-0.05, 0) is 17.2 Å². The number of esters is 1. The lowest BCUT2D eigenvalue weighted by molar-refractivity contribution is -0.141.